The van der Waals surface area contributed by atoms with Crippen LogP contribution < -0.4 is 10.6 Å². The molecule has 156 valence electrons. The Morgan fingerprint density at radius 1 is 1.21 bits per heavy atom. The first-order valence-corrected chi connectivity index (χ1v) is 11.0. The molecule has 0 aliphatic carbocycles. The molecular weight excluding hydrogens is 483 g/mol. The van der Waals surface area contributed by atoms with Crippen LogP contribution in [-0.4, -0.2) is 53.9 Å². The van der Waals surface area contributed by atoms with Crippen LogP contribution in [0.2, 0.25) is 0 Å². The molecule has 3 rings (SSSR count). The highest BCUT2D eigenvalue weighted by Crippen LogP contribution is 2.36. The third-order valence-corrected chi connectivity index (χ3v) is 6.97. The fourth-order valence-corrected chi connectivity index (χ4v) is 4.99. The van der Waals surface area contributed by atoms with Gasteiger partial charge in [0.1, 0.15) is 0 Å². The maximum atomic E-state index is 12.7. The average molecular weight is 516 g/mol. The van der Waals surface area contributed by atoms with E-state index in [-0.39, 0.29) is 29.9 Å². The first-order chi connectivity index (χ1) is 13.1. The Bertz CT molecular complexity index is 670. The van der Waals surface area contributed by atoms with Crippen molar-refractivity contribution in [2.45, 2.75) is 50.3 Å². The zero-order valence-corrected chi connectivity index (χ0v) is 20.1. The number of aliphatic imine (C=N–C) groups is 1. The molecule has 0 spiro atoms. The van der Waals surface area contributed by atoms with Crippen LogP contribution in [0.25, 0.3) is 0 Å². The highest BCUT2D eigenvalue weighted by Gasteiger charge is 2.29. The molecule has 1 unspecified atom stereocenters. The number of hydrogen-bond acceptors (Lipinski definition) is 3. The Kier molecular flexibility index (Phi) is 9.40. The molecule has 0 saturated carbocycles. The number of carbonyl (C=O) groups is 1. The third-order valence-electron chi connectivity index (χ3n) is 5.43. The average Bonchev–Trinajstić information content (AvgIpc) is 3.15. The van der Waals surface area contributed by atoms with Gasteiger partial charge in [-0.25, -0.2) is 0 Å². The highest BCUT2D eigenvalue weighted by molar-refractivity contribution is 14.0. The molecule has 7 heteroatoms. The molecule has 2 saturated heterocycles. The molecule has 2 aliphatic rings. The van der Waals surface area contributed by atoms with Crippen LogP contribution in [-0.2, 0) is 6.54 Å². The standard InChI is InChI=1S/C21H32N4OS.HI/c1-21(10-7-13-27-21)16-24-20(22-2)23-15-17-8-6-9-18(14-17)19(26)25-11-4-3-5-12-25;/h6,8-9,14H,3-5,7,10-13,15-16H2,1-2H3,(H2,22,23,24);1H. The maximum absolute atomic E-state index is 12.7. The summed E-state index contributed by atoms with van der Waals surface area (Å²) in [5.41, 5.74) is 1.89. The van der Waals surface area contributed by atoms with Gasteiger partial charge in [-0.05, 0) is 62.5 Å². The Morgan fingerprint density at radius 2 is 2.00 bits per heavy atom. The lowest BCUT2D eigenvalue weighted by Gasteiger charge is -2.27. The molecule has 1 amide bonds. The normalized spacial score (nSPS) is 22.5. The molecule has 0 bridgehead atoms. The monoisotopic (exact) mass is 516 g/mol. The summed E-state index contributed by atoms with van der Waals surface area (Å²) in [5.74, 6) is 2.23. The minimum Gasteiger partial charge on any atom is -0.355 e. The van der Waals surface area contributed by atoms with Crippen molar-refractivity contribution in [1.82, 2.24) is 15.5 Å². The van der Waals surface area contributed by atoms with Crippen LogP contribution in [0, 0.1) is 0 Å². The quantitative estimate of drug-likeness (QED) is 0.355. The Labute approximate surface area is 190 Å². The van der Waals surface area contributed by atoms with Gasteiger partial charge in [0.15, 0.2) is 5.96 Å². The molecule has 0 aromatic heterocycles. The molecule has 5 nitrogen and oxygen atoms in total. The van der Waals surface area contributed by atoms with E-state index in [1.807, 2.05) is 34.9 Å². The fraction of sp³-hybridized carbons (Fsp3) is 0.619. The van der Waals surface area contributed by atoms with Crippen LogP contribution in [0.15, 0.2) is 29.3 Å². The lowest BCUT2D eigenvalue weighted by Crippen LogP contribution is -2.43. The summed E-state index contributed by atoms with van der Waals surface area (Å²) in [6, 6.07) is 7.96. The zero-order chi connectivity index (χ0) is 19.1. The van der Waals surface area contributed by atoms with Crippen LogP contribution in [0.4, 0.5) is 0 Å². The second-order valence-corrected chi connectivity index (χ2v) is 9.42. The molecule has 1 atom stereocenters. The van der Waals surface area contributed by atoms with Gasteiger partial charge in [-0.3, -0.25) is 9.79 Å². The fourth-order valence-electron chi connectivity index (χ4n) is 3.75. The minimum absolute atomic E-state index is 0. The number of guanidine groups is 1. The zero-order valence-electron chi connectivity index (χ0n) is 17.0. The van der Waals surface area contributed by atoms with E-state index in [0.29, 0.717) is 11.3 Å². The molecule has 2 aliphatic heterocycles. The van der Waals surface area contributed by atoms with Gasteiger partial charge in [-0.1, -0.05) is 12.1 Å². The molecule has 1 aromatic carbocycles. The predicted molar refractivity (Wildman–Crippen MR) is 130 cm³/mol. The van der Waals surface area contributed by atoms with E-state index in [1.165, 1.54) is 25.0 Å². The summed E-state index contributed by atoms with van der Waals surface area (Å²) in [4.78, 5) is 19.0. The van der Waals surface area contributed by atoms with Crippen LogP contribution in [0.3, 0.4) is 0 Å². The molecule has 2 N–H and O–H groups in total. The molecule has 2 fully saturated rings. The van der Waals surface area contributed by atoms with Gasteiger partial charge in [0.05, 0.1) is 0 Å². The Hall–Kier alpha value is -0.960. The van der Waals surface area contributed by atoms with Crippen molar-refractivity contribution in [2.24, 2.45) is 4.99 Å². The van der Waals surface area contributed by atoms with E-state index in [2.05, 4.69) is 28.6 Å². The summed E-state index contributed by atoms with van der Waals surface area (Å²) in [6.07, 6.45) is 6.02. The van der Waals surface area contributed by atoms with Crippen molar-refractivity contribution < 1.29 is 4.79 Å². The van der Waals surface area contributed by atoms with Gasteiger partial charge >= 0.3 is 0 Å². The smallest absolute Gasteiger partial charge is 0.253 e. The summed E-state index contributed by atoms with van der Waals surface area (Å²) in [7, 11) is 1.80. The van der Waals surface area contributed by atoms with Crippen molar-refractivity contribution in [2.75, 3.05) is 32.4 Å². The minimum atomic E-state index is 0. The van der Waals surface area contributed by atoms with Crippen LogP contribution in [0.5, 0.6) is 0 Å². The molecular formula is C21H33IN4OS. The van der Waals surface area contributed by atoms with Gasteiger partial charge < -0.3 is 15.5 Å². The van der Waals surface area contributed by atoms with Crippen molar-refractivity contribution in [3.8, 4) is 0 Å². The van der Waals surface area contributed by atoms with E-state index in [1.54, 1.807) is 7.05 Å². The summed E-state index contributed by atoms with van der Waals surface area (Å²) < 4.78 is 0.304. The number of likely N-dealkylation sites (tertiary alicyclic amines) is 1. The van der Waals surface area contributed by atoms with Gasteiger partial charge in [0, 0.05) is 43.5 Å². The summed E-state index contributed by atoms with van der Waals surface area (Å²) >= 11 is 2.04. The van der Waals surface area contributed by atoms with Crippen LogP contribution in [0.1, 0.15) is 54.9 Å². The van der Waals surface area contributed by atoms with E-state index < -0.39 is 0 Å². The number of amides is 1. The SMILES string of the molecule is CN=C(NCc1cccc(C(=O)N2CCCCC2)c1)NCC1(C)CCCS1.I. The van der Waals surface area contributed by atoms with Crippen molar-refractivity contribution in [1.29, 1.82) is 0 Å². The summed E-state index contributed by atoms with van der Waals surface area (Å²) in [5, 5.41) is 6.83. The van der Waals surface area contributed by atoms with Gasteiger partial charge in [0.2, 0.25) is 0 Å². The lowest BCUT2D eigenvalue weighted by molar-refractivity contribution is 0.0724. The number of thioether (sulfide) groups is 1. The second-order valence-electron chi connectivity index (χ2n) is 7.73. The van der Waals surface area contributed by atoms with Crippen molar-refractivity contribution in [3.63, 3.8) is 0 Å². The number of nitrogens with one attached hydrogen (secondary N) is 2. The van der Waals surface area contributed by atoms with Crippen molar-refractivity contribution >= 4 is 47.6 Å². The van der Waals surface area contributed by atoms with E-state index in [4.69, 9.17) is 0 Å². The van der Waals surface area contributed by atoms with Gasteiger partial charge in [-0.15, -0.1) is 24.0 Å². The summed E-state index contributed by atoms with van der Waals surface area (Å²) in [6.45, 7) is 5.67. The van der Waals surface area contributed by atoms with E-state index in [9.17, 15) is 4.79 Å². The van der Waals surface area contributed by atoms with Gasteiger partial charge in [0.25, 0.3) is 5.91 Å². The number of piperidine rings is 1. The molecule has 2 heterocycles. The largest absolute Gasteiger partial charge is 0.355 e. The number of nitrogens with zero attached hydrogens (tertiary/aromatic N) is 2. The predicted octanol–water partition coefficient (Wildman–Crippen LogP) is 3.88. The lowest BCUT2D eigenvalue weighted by atomic mass is 10.1. The number of benzene rings is 1. The molecule has 28 heavy (non-hydrogen) atoms. The molecule has 1 aromatic rings. The Balaban J connectivity index is 0.00000280. The Morgan fingerprint density at radius 3 is 2.68 bits per heavy atom. The number of carbonyl (C=O) groups excluding carboxylic acids is 1. The first kappa shape index (κ1) is 23.3. The van der Waals surface area contributed by atoms with Gasteiger partial charge in [-0.2, -0.15) is 11.8 Å². The number of rotatable bonds is 5. The van der Waals surface area contributed by atoms with E-state index >= 15 is 0 Å². The molecule has 0 radical (unpaired) electrons. The maximum Gasteiger partial charge on any atom is 0.253 e. The van der Waals surface area contributed by atoms with E-state index in [0.717, 1.165) is 49.6 Å². The third kappa shape index (κ3) is 6.54. The highest BCUT2D eigenvalue weighted by atomic mass is 127. The first-order valence-electron chi connectivity index (χ1n) is 10.1. The van der Waals surface area contributed by atoms with Crippen LogP contribution >= 0.6 is 35.7 Å². The second kappa shape index (κ2) is 11.3. The topological polar surface area (TPSA) is 56.7 Å². The van der Waals surface area contributed by atoms with Crippen molar-refractivity contribution in [3.05, 3.63) is 35.4 Å². The number of hydrogen-bond donors (Lipinski definition) is 2. The number of halogens is 1.